The number of amides is 1. The van der Waals surface area contributed by atoms with E-state index in [2.05, 4.69) is 27.8 Å². The van der Waals surface area contributed by atoms with Crippen molar-refractivity contribution in [2.45, 2.75) is 12.8 Å². The summed E-state index contributed by atoms with van der Waals surface area (Å²) in [6, 6.07) is 21.6. The van der Waals surface area contributed by atoms with Gasteiger partial charge in [0, 0.05) is 24.8 Å². The van der Waals surface area contributed by atoms with Crippen LogP contribution in [0.1, 0.15) is 21.5 Å². The number of carbonyl (C=O) groups excluding carboxylic acids is 1. The van der Waals surface area contributed by atoms with Crippen LogP contribution in [0, 0.1) is 0 Å². The van der Waals surface area contributed by atoms with Gasteiger partial charge in [-0.3, -0.25) is 4.79 Å². The number of nitrogens with zero attached hydrogens (tertiary/aromatic N) is 1. The minimum absolute atomic E-state index is 0.108. The number of rotatable bonds is 9. The zero-order valence-corrected chi connectivity index (χ0v) is 16.0. The van der Waals surface area contributed by atoms with Crippen LogP contribution in [0.2, 0.25) is 0 Å². The Kier molecular flexibility index (Phi) is 7.01. The summed E-state index contributed by atoms with van der Waals surface area (Å²) in [6.07, 6.45) is 3.26. The first kappa shape index (κ1) is 19.4. The number of para-hydroxylation sites is 1. The predicted molar refractivity (Wildman–Crippen MR) is 112 cm³/mol. The third-order valence-corrected chi connectivity index (χ3v) is 4.46. The van der Waals surface area contributed by atoms with Gasteiger partial charge in [0.25, 0.3) is 5.91 Å². The number of nitrogens with one attached hydrogen (secondary N) is 2. The topological polar surface area (TPSA) is 63.2 Å². The molecule has 2 aromatic carbocycles. The van der Waals surface area contributed by atoms with E-state index >= 15 is 0 Å². The highest BCUT2D eigenvalue weighted by Crippen LogP contribution is 2.17. The van der Waals surface area contributed by atoms with E-state index in [0.717, 1.165) is 24.3 Å². The van der Waals surface area contributed by atoms with Gasteiger partial charge >= 0.3 is 0 Å². The summed E-state index contributed by atoms with van der Waals surface area (Å²) in [5.41, 5.74) is 2.93. The molecule has 0 fully saturated rings. The largest absolute Gasteiger partial charge is 0.496 e. The van der Waals surface area contributed by atoms with E-state index in [1.807, 2.05) is 42.5 Å². The smallest absolute Gasteiger partial charge is 0.251 e. The molecular formula is C23H25N3O2. The Morgan fingerprint density at radius 3 is 2.57 bits per heavy atom. The Morgan fingerprint density at radius 1 is 0.964 bits per heavy atom. The maximum Gasteiger partial charge on any atom is 0.251 e. The van der Waals surface area contributed by atoms with E-state index in [-0.39, 0.29) is 5.91 Å². The van der Waals surface area contributed by atoms with Crippen molar-refractivity contribution in [1.82, 2.24) is 10.3 Å². The highest BCUT2D eigenvalue weighted by molar-refractivity contribution is 5.94. The first-order chi connectivity index (χ1) is 13.8. The quantitative estimate of drug-likeness (QED) is 0.598. The normalized spacial score (nSPS) is 10.3. The molecule has 3 aromatic rings. The zero-order valence-electron chi connectivity index (χ0n) is 16.0. The number of carbonyl (C=O) groups is 1. The van der Waals surface area contributed by atoms with Crippen LogP contribution in [-0.4, -0.2) is 31.1 Å². The molecule has 0 aliphatic rings. The second-order valence-corrected chi connectivity index (χ2v) is 6.41. The van der Waals surface area contributed by atoms with E-state index < -0.39 is 0 Å². The van der Waals surface area contributed by atoms with Crippen LogP contribution in [0.4, 0.5) is 5.82 Å². The van der Waals surface area contributed by atoms with Gasteiger partial charge in [-0.25, -0.2) is 4.98 Å². The monoisotopic (exact) mass is 375 g/mol. The molecule has 144 valence electrons. The number of methoxy groups -OCH3 is 1. The van der Waals surface area contributed by atoms with E-state index in [0.29, 0.717) is 24.3 Å². The lowest BCUT2D eigenvalue weighted by atomic mass is 10.1. The van der Waals surface area contributed by atoms with Gasteiger partial charge < -0.3 is 15.4 Å². The number of pyridine rings is 1. The van der Waals surface area contributed by atoms with Gasteiger partial charge in [-0.1, -0.05) is 48.5 Å². The molecule has 5 nitrogen and oxygen atoms in total. The van der Waals surface area contributed by atoms with Crippen molar-refractivity contribution >= 4 is 11.7 Å². The Hall–Kier alpha value is -3.34. The number of aromatic nitrogens is 1. The van der Waals surface area contributed by atoms with Crippen LogP contribution in [0.3, 0.4) is 0 Å². The molecule has 0 atom stereocenters. The Bertz CT molecular complexity index is 897. The minimum Gasteiger partial charge on any atom is -0.496 e. The Balaban J connectivity index is 1.49. The lowest BCUT2D eigenvalue weighted by Gasteiger charge is -2.10. The highest BCUT2D eigenvalue weighted by atomic mass is 16.5. The van der Waals surface area contributed by atoms with E-state index in [4.69, 9.17) is 4.74 Å². The highest BCUT2D eigenvalue weighted by Gasteiger charge is 2.08. The molecule has 1 heterocycles. The molecule has 2 N–H and O–H groups in total. The molecular weight excluding hydrogens is 350 g/mol. The SMILES string of the molecule is COc1ccccc1CCNC(=O)c1ccnc(NCCc2ccccc2)c1. The average Bonchev–Trinajstić information content (AvgIpc) is 2.75. The maximum atomic E-state index is 12.4. The Labute approximate surface area is 165 Å². The van der Waals surface area contributed by atoms with Crippen molar-refractivity contribution in [1.29, 1.82) is 0 Å². The summed E-state index contributed by atoms with van der Waals surface area (Å²) in [5.74, 6) is 1.43. The van der Waals surface area contributed by atoms with Crippen LogP contribution < -0.4 is 15.4 Å². The van der Waals surface area contributed by atoms with Crippen molar-refractivity contribution < 1.29 is 9.53 Å². The average molecular weight is 375 g/mol. The fourth-order valence-electron chi connectivity index (χ4n) is 2.97. The van der Waals surface area contributed by atoms with Crippen molar-refractivity contribution in [3.8, 4) is 5.75 Å². The van der Waals surface area contributed by atoms with Gasteiger partial charge in [0.1, 0.15) is 11.6 Å². The van der Waals surface area contributed by atoms with Gasteiger partial charge in [-0.15, -0.1) is 0 Å². The molecule has 0 aliphatic carbocycles. The van der Waals surface area contributed by atoms with Crippen LogP contribution in [0.15, 0.2) is 72.9 Å². The first-order valence-corrected chi connectivity index (χ1v) is 9.40. The predicted octanol–water partition coefficient (Wildman–Crippen LogP) is 3.72. The van der Waals surface area contributed by atoms with Gasteiger partial charge in [0.05, 0.1) is 7.11 Å². The number of hydrogen-bond donors (Lipinski definition) is 2. The fourth-order valence-corrected chi connectivity index (χ4v) is 2.97. The van der Waals surface area contributed by atoms with Crippen LogP contribution in [0.25, 0.3) is 0 Å². The van der Waals surface area contributed by atoms with Crippen LogP contribution >= 0.6 is 0 Å². The molecule has 0 unspecified atom stereocenters. The zero-order chi connectivity index (χ0) is 19.6. The summed E-state index contributed by atoms with van der Waals surface area (Å²) >= 11 is 0. The summed E-state index contributed by atoms with van der Waals surface area (Å²) in [5, 5.41) is 6.24. The van der Waals surface area contributed by atoms with Crippen molar-refractivity contribution in [2.75, 3.05) is 25.5 Å². The molecule has 0 aliphatic heterocycles. The second kappa shape index (κ2) is 10.1. The number of ether oxygens (including phenoxy) is 1. The molecule has 1 amide bonds. The number of benzene rings is 2. The van der Waals surface area contributed by atoms with Gasteiger partial charge in [-0.2, -0.15) is 0 Å². The molecule has 3 rings (SSSR count). The van der Waals surface area contributed by atoms with Crippen molar-refractivity contribution in [2.24, 2.45) is 0 Å². The van der Waals surface area contributed by atoms with E-state index in [1.54, 1.807) is 25.4 Å². The third kappa shape index (κ3) is 5.58. The van der Waals surface area contributed by atoms with E-state index in [1.165, 1.54) is 5.56 Å². The van der Waals surface area contributed by atoms with Gasteiger partial charge in [0.15, 0.2) is 0 Å². The summed E-state index contributed by atoms with van der Waals surface area (Å²) in [7, 11) is 1.65. The molecule has 0 saturated carbocycles. The van der Waals surface area contributed by atoms with Crippen molar-refractivity contribution in [3.63, 3.8) is 0 Å². The summed E-state index contributed by atoms with van der Waals surface area (Å²) < 4.78 is 5.34. The molecule has 1 aromatic heterocycles. The molecule has 5 heteroatoms. The molecule has 0 radical (unpaired) electrons. The minimum atomic E-state index is -0.108. The maximum absolute atomic E-state index is 12.4. The third-order valence-electron chi connectivity index (χ3n) is 4.46. The summed E-state index contributed by atoms with van der Waals surface area (Å²) in [6.45, 7) is 1.30. The summed E-state index contributed by atoms with van der Waals surface area (Å²) in [4.78, 5) is 16.7. The molecule has 0 saturated heterocycles. The molecule has 28 heavy (non-hydrogen) atoms. The standard InChI is InChI=1S/C23H25N3O2/c1-28-21-10-6-5-9-19(21)12-16-26-23(27)20-13-15-25-22(17-20)24-14-11-18-7-3-2-4-8-18/h2-10,13,15,17H,11-12,14,16H2,1H3,(H,24,25)(H,26,27). The Morgan fingerprint density at radius 2 is 1.75 bits per heavy atom. The number of hydrogen-bond acceptors (Lipinski definition) is 4. The molecule has 0 bridgehead atoms. The van der Waals surface area contributed by atoms with E-state index in [9.17, 15) is 4.79 Å². The van der Waals surface area contributed by atoms with Gasteiger partial charge in [0.2, 0.25) is 0 Å². The lowest BCUT2D eigenvalue weighted by molar-refractivity contribution is 0.0954. The fraction of sp³-hybridized carbons (Fsp3) is 0.217. The van der Waals surface area contributed by atoms with Crippen LogP contribution in [0.5, 0.6) is 5.75 Å². The van der Waals surface area contributed by atoms with Crippen molar-refractivity contribution in [3.05, 3.63) is 89.6 Å². The van der Waals surface area contributed by atoms with Gasteiger partial charge in [-0.05, 0) is 42.2 Å². The second-order valence-electron chi connectivity index (χ2n) is 6.41. The van der Waals surface area contributed by atoms with Crippen LogP contribution in [-0.2, 0) is 12.8 Å². The lowest BCUT2D eigenvalue weighted by Crippen LogP contribution is -2.26. The first-order valence-electron chi connectivity index (χ1n) is 9.40. The molecule has 0 spiro atoms. The number of anilines is 1.